The van der Waals surface area contributed by atoms with Crippen LogP contribution >= 0.6 is 46.7 Å². The van der Waals surface area contributed by atoms with Crippen LogP contribution in [0.25, 0.3) is 0 Å². The summed E-state index contributed by atoms with van der Waals surface area (Å²) >= 11 is 16.5. The van der Waals surface area contributed by atoms with Crippen molar-refractivity contribution in [3.05, 3.63) is 33.8 Å². The number of halogens is 2. The molecule has 2 N–H and O–H groups in total. The molecule has 5 heteroatoms. The van der Waals surface area contributed by atoms with E-state index in [1.807, 2.05) is 30.0 Å². The standard InChI is InChI=1S/C14H19Cl2NS2/c1-2-13-14(19-7-6-18-13)12(17)8-9-10(15)4-3-5-11(9)16/h3-5,12-14H,2,6-8,17H2,1H3. The van der Waals surface area contributed by atoms with Crippen LogP contribution in [0.2, 0.25) is 10.0 Å². The zero-order valence-electron chi connectivity index (χ0n) is 10.9. The number of nitrogens with two attached hydrogens (primary N) is 1. The Morgan fingerprint density at radius 2 is 1.89 bits per heavy atom. The van der Waals surface area contributed by atoms with Crippen molar-refractivity contribution in [1.82, 2.24) is 0 Å². The molecule has 0 bridgehead atoms. The van der Waals surface area contributed by atoms with Crippen molar-refractivity contribution in [3.8, 4) is 0 Å². The summed E-state index contributed by atoms with van der Waals surface area (Å²) in [7, 11) is 0. The van der Waals surface area contributed by atoms with Gasteiger partial charge < -0.3 is 5.73 Å². The van der Waals surface area contributed by atoms with Gasteiger partial charge in [-0.05, 0) is 30.5 Å². The van der Waals surface area contributed by atoms with Gasteiger partial charge in [0.25, 0.3) is 0 Å². The monoisotopic (exact) mass is 335 g/mol. The van der Waals surface area contributed by atoms with Crippen molar-refractivity contribution in [1.29, 1.82) is 0 Å². The third kappa shape index (κ3) is 3.98. The first-order chi connectivity index (χ1) is 9.13. The molecule has 1 aliphatic rings. The molecule has 0 saturated carbocycles. The average molecular weight is 336 g/mol. The maximum Gasteiger partial charge on any atom is 0.0453 e. The van der Waals surface area contributed by atoms with Crippen LogP contribution in [0.5, 0.6) is 0 Å². The lowest BCUT2D eigenvalue weighted by Crippen LogP contribution is -2.43. The third-order valence-electron chi connectivity index (χ3n) is 3.42. The van der Waals surface area contributed by atoms with Crippen LogP contribution in [0, 0.1) is 0 Å². The van der Waals surface area contributed by atoms with E-state index in [-0.39, 0.29) is 6.04 Å². The van der Waals surface area contributed by atoms with E-state index in [1.54, 1.807) is 0 Å². The lowest BCUT2D eigenvalue weighted by atomic mass is 10.0. The number of hydrogen-bond acceptors (Lipinski definition) is 3. The van der Waals surface area contributed by atoms with Crippen molar-refractivity contribution >= 4 is 46.7 Å². The molecule has 1 aromatic rings. The van der Waals surface area contributed by atoms with Gasteiger partial charge in [0, 0.05) is 38.1 Å². The summed E-state index contributed by atoms with van der Waals surface area (Å²) in [6, 6.07) is 5.75. The summed E-state index contributed by atoms with van der Waals surface area (Å²) in [5, 5.41) is 2.60. The zero-order chi connectivity index (χ0) is 13.8. The molecule has 1 nitrogen and oxygen atoms in total. The number of rotatable bonds is 4. The molecule has 1 aliphatic heterocycles. The maximum atomic E-state index is 6.43. The maximum absolute atomic E-state index is 6.43. The highest BCUT2D eigenvalue weighted by Gasteiger charge is 2.30. The molecule has 1 heterocycles. The summed E-state index contributed by atoms with van der Waals surface area (Å²) in [5.74, 6) is 2.43. The van der Waals surface area contributed by atoms with Crippen LogP contribution in [0.1, 0.15) is 18.9 Å². The Hall–Kier alpha value is 0.460. The summed E-state index contributed by atoms with van der Waals surface area (Å²) < 4.78 is 0. The minimum atomic E-state index is 0.111. The van der Waals surface area contributed by atoms with Crippen molar-refractivity contribution in [2.75, 3.05) is 11.5 Å². The Kier molecular flexibility index (Phi) is 6.22. The molecule has 3 unspecified atom stereocenters. The molecular formula is C14H19Cl2NS2. The van der Waals surface area contributed by atoms with E-state index in [0.29, 0.717) is 10.5 Å². The van der Waals surface area contributed by atoms with Gasteiger partial charge in [0.05, 0.1) is 0 Å². The fraction of sp³-hybridized carbons (Fsp3) is 0.571. The van der Waals surface area contributed by atoms with Gasteiger partial charge >= 0.3 is 0 Å². The summed E-state index contributed by atoms with van der Waals surface area (Å²) in [6.45, 7) is 2.24. The van der Waals surface area contributed by atoms with E-state index < -0.39 is 0 Å². The minimum absolute atomic E-state index is 0.111. The van der Waals surface area contributed by atoms with E-state index in [9.17, 15) is 0 Å². The van der Waals surface area contributed by atoms with E-state index >= 15 is 0 Å². The van der Waals surface area contributed by atoms with Crippen molar-refractivity contribution in [3.63, 3.8) is 0 Å². The molecule has 0 aliphatic carbocycles. The third-order valence-corrected chi connectivity index (χ3v) is 7.55. The lowest BCUT2D eigenvalue weighted by molar-refractivity contribution is 0.598. The second-order valence-corrected chi connectivity index (χ2v) is 8.17. The molecule has 3 atom stereocenters. The molecule has 0 spiro atoms. The summed E-state index contributed by atoms with van der Waals surface area (Å²) in [6.07, 6.45) is 1.93. The molecule has 1 aromatic carbocycles. The highest BCUT2D eigenvalue weighted by Crippen LogP contribution is 2.36. The quantitative estimate of drug-likeness (QED) is 0.877. The van der Waals surface area contributed by atoms with Gasteiger partial charge in [-0.25, -0.2) is 0 Å². The van der Waals surface area contributed by atoms with Crippen LogP contribution in [0.4, 0.5) is 0 Å². The number of thioether (sulfide) groups is 2. The molecule has 2 rings (SSSR count). The molecule has 0 radical (unpaired) electrons. The highest BCUT2D eigenvalue weighted by molar-refractivity contribution is 8.07. The first-order valence-corrected chi connectivity index (χ1v) is 9.40. The SMILES string of the molecule is CCC1SCCSC1C(N)Cc1c(Cl)cccc1Cl. The van der Waals surface area contributed by atoms with Gasteiger partial charge in [-0.15, -0.1) is 0 Å². The van der Waals surface area contributed by atoms with Crippen LogP contribution in [-0.2, 0) is 6.42 Å². The Morgan fingerprint density at radius 3 is 2.53 bits per heavy atom. The Morgan fingerprint density at radius 1 is 1.26 bits per heavy atom. The van der Waals surface area contributed by atoms with Crippen LogP contribution < -0.4 is 5.73 Å². The molecule has 0 aromatic heterocycles. The van der Waals surface area contributed by atoms with Crippen molar-refractivity contribution in [2.45, 2.75) is 36.3 Å². The molecule has 0 amide bonds. The fourth-order valence-electron chi connectivity index (χ4n) is 2.41. The van der Waals surface area contributed by atoms with Gasteiger partial charge in [0.1, 0.15) is 0 Å². The highest BCUT2D eigenvalue weighted by atomic mass is 35.5. The van der Waals surface area contributed by atoms with E-state index in [2.05, 4.69) is 18.7 Å². The lowest BCUT2D eigenvalue weighted by Gasteiger charge is -2.34. The van der Waals surface area contributed by atoms with E-state index in [0.717, 1.165) is 22.0 Å². The van der Waals surface area contributed by atoms with Crippen LogP contribution in [0.3, 0.4) is 0 Å². The molecular weight excluding hydrogens is 317 g/mol. The summed E-state index contributed by atoms with van der Waals surface area (Å²) in [5.41, 5.74) is 7.42. The van der Waals surface area contributed by atoms with Gasteiger partial charge in [0.2, 0.25) is 0 Å². The molecule has 19 heavy (non-hydrogen) atoms. The first kappa shape index (κ1) is 15.8. The minimum Gasteiger partial charge on any atom is -0.326 e. The smallest absolute Gasteiger partial charge is 0.0453 e. The average Bonchev–Trinajstić information content (AvgIpc) is 2.42. The second-order valence-electron chi connectivity index (χ2n) is 4.72. The predicted molar refractivity (Wildman–Crippen MR) is 90.9 cm³/mol. The van der Waals surface area contributed by atoms with E-state index in [4.69, 9.17) is 28.9 Å². The van der Waals surface area contributed by atoms with Gasteiger partial charge in [-0.1, -0.05) is 36.2 Å². The van der Waals surface area contributed by atoms with Gasteiger partial charge in [-0.3, -0.25) is 0 Å². The van der Waals surface area contributed by atoms with Crippen molar-refractivity contribution in [2.24, 2.45) is 5.73 Å². The number of benzene rings is 1. The first-order valence-electron chi connectivity index (χ1n) is 6.55. The topological polar surface area (TPSA) is 26.0 Å². The Bertz CT molecular complexity index is 408. The zero-order valence-corrected chi connectivity index (χ0v) is 14.1. The predicted octanol–water partition coefficient (Wildman–Crippen LogP) is 4.49. The summed E-state index contributed by atoms with van der Waals surface area (Å²) in [4.78, 5) is 0. The molecule has 106 valence electrons. The van der Waals surface area contributed by atoms with Gasteiger partial charge in [-0.2, -0.15) is 23.5 Å². The fourth-order valence-corrected chi connectivity index (χ4v) is 6.16. The molecule has 1 saturated heterocycles. The Balaban J connectivity index is 2.09. The Labute approximate surface area is 134 Å². The van der Waals surface area contributed by atoms with E-state index in [1.165, 1.54) is 17.9 Å². The second kappa shape index (κ2) is 7.46. The normalized spacial score (nSPS) is 25.3. The number of hydrogen-bond donors (Lipinski definition) is 1. The van der Waals surface area contributed by atoms with Gasteiger partial charge in [0.15, 0.2) is 0 Å². The van der Waals surface area contributed by atoms with Crippen molar-refractivity contribution < 1.29 is 0 Å². The largest absolute Gasteiger partial charge is 0.326 e. The van der Waals surface area contributed by atoms with Crippen LogP contribution in [-0.4, -0.2) is 28.0 Å². The van der Waals surface area contributed by atoms with Crippen LogP contribution in [0.15, 0.2) is 18.2 Å². The molecule has 1 fully saturated rings.